The Labute approximate surface area is 218 Å². The number of carbonyl (C=O) groups is 3. The van der Waals surface area contributed by atoms with E-state index < -0.39 is 30.3 Å². The minimum absolute atomic E-state index is 0.00507. The van der Waals surface area contributed by atoms with E-state index in [4.69, 9.17) is 9.52 Å². The van der Waals surface area contributed by atoms with Crippen LogP contribution in [0.25, 0.3) is 22.6 Å². The Morgan fingerprint density at radius 2 is 1.79 bits per heavy atom. The summed E-state index contributed by atoms with van der Waals surface area (Å²) in [5.74, 6) is -2.04. The highest BCUT2D eigenvalue weighted by molar-refractivity contribution is 6.02. The lowest BCUT2D eigenvalue weighted by atomic mass is 9.93. The normalized spacial score (nSPS) is 16.8. The van der Waals surface area contributed by atoms with Crippen molar-refractivity contribution in [1.82, 2.24) is 20.1 Å². The van der Waals surface area contributed by atoms with Crippen molar-refractivity contribution < 1.29 is 29.0 Å². The number of oxazole rings is 1. The Bertz CT molecular complexity index is 1400. The summed E-state index contributed by atoms with van der Waals surface area (Å²) in [5.41, 5.74) is 2.76. The van der Waals surface area contributed by atoms with Crippen LogP contribution in [0.4, 0.5) is 4.79 Å². The predicted molar refractivity (Wildman–Crippen MR) is 139 cm³/mol. The summed E-state index contributed by atoms with van der Waals surface area (Å²) < 4.78 is 5.83. The van der Waals surface area contributed by atoms with Crippen LogP contribution in [0, 0.1) is 0 Å². The fraction of sp³-hybridized carbons (Fsp3) is 0.286. The number of nitrogens with one attached hydrogen (secondary N) is 1. The number of carbonyl (C=O) groups excluding carboxylic acids is 2. The highest BCUT2D eigenvalue weighted by Crippen LogP contribution is 2.34. The number of amides is 3. The van der Waals surface area contributed by atoms with Gasteiger partial charge in [-0.3, -0.25) is 19.4 Å². The highest BCUT2D eigenvalue weighted by atomic mass is 16.4. The molecule has 0 bridgehead atoms. The van der Waals surface area contributed by atoms with Gasteiger partial charge in [-0.05, 0) is 42.7 Å². The predicted octanol–water partition coefficient (Wildman–Crippen LogP) is 4.55. The lowest BCUT2D eigenvalue weighted by Crippen LogP contribution is -2.53. The monoisotopic (exact) mass is 516 g/mol. The SMILES string of the molecule is C=C1C(C(=O)NCC(=O)O)=C(O)N(C2CCCCC2)C(=O)N1Cc1ccc(-c2nc3ccccc3o2)cc1. The van der Waals surface area contributed by atoms with Crippen LogP contribution in [0.15, 0.2) is 76.7 Å². The van der Waals surface area contributed by atoms with Gasteiger partial charge in [-0.25, -0.2) is 9.78 Å². The fourth-order valence-electron chi connectivity index (χ4n) is 4.96. The van der Waals surface area contributed by atoms with Crippen LogP contribution in [-0.4, -0.2) is 55.5 Å². The Balaban J connectivity index is 1.42. The third kappa shape index (κ3) is 4.84. The maximum absolute atomic E-state index is 13.6. The van der Waals surface area contributed by atoms with E-state index in [1.807, 2.05) is 48.5 Å². The summed E-state index contributed by atoms with van der Waals surface area (Å²) in [5, 5.41) is 22.3. The molecule has 38 heavy (non-hydrogen) atoms. The van der Waals surface area contributed by atoms with Crippen LogP contribution in [0.3, 0.4) is 0 Å². The molecule has 1 aliphatic carbocycles. The molecule has 2 heterocycles. The van der Waals surface area contributed by atoms with Crippen molar-refractivity contribution in [3.05, 3.63) is 77.8 Å². The summed E-state index contributed by atoms with van der Waals surface area (Å²) >= 11 is 0. The van der Waals surface area contributed by atoms with Crippen LogP contribution < -0.4 is 5.32 Å². The van der Waals surface area contributed by atoms with Gasteiger partial charge in [0.15, 0.2) is 5.58 Å². The largest absolute Gasteiger partial charge is 0.494 e. The topological polar surface area (TPSA) is 136 Å². The molecule has 0 atom stereocenters. The molecule has 1 aromatic heterocycles. The van der Waals surface area contributed by atoms with Crippen molar-refractivity contribution in [2.45, 2.75) is 44.7 Å². The molecule has 2 aliphatic rings. The van der Waals surface area contributed by atoms with Crippen molar-refractivity contribution in [3.8, 4) is 11.5 Å². The molecule has 5 rings (SSSR count). The molecule has 0 spiro atoms. The number of nitrogens with zero attached hydrogens (tertiary/aromatic N) is 3. The Kier molecular flexibility index (Phi) is 6.87. The Morgan fingerprint density at radius 3 is 2.47 bits per heavy atom. The van der Waals surface area contributed by atoms with Gasteiger partial charge in [0.1, 0.15) is 17.6 Å². The van der Waals surface area contributed by atoms with Crippen molar-refractivity contribution in [3.63, 3.8) is 0 Å². The number of carboxylic acid groups (broad SMARTS) is 1. The number of rotatable bonds is 7. The molecule has 0 radical (unpaired) electrons. The van der Waals surface area contributed by atoms with E-state index in [0.29, 0.717) is 24.3 Å². The number of urea groups is 1. The molecule has 10 heteroatoms. The van der Waals surface area contributed by atoms with Gasteiger partial charge in [-0.15, -0.1) is 0 Å². The molecule has 3 amide bonds. The van der Waals surface area contributed by atoms with Crippen LogP contribution in [0.1, 0.15) is 37.7 Å². The molecule has 1 fully saturated rings. The van der Waals surface area contributed by atoms with Gasteiger partial charge in [-0.2, -0.15) is 0 Å². The first-order valence-corrected chi connectivity index (χ1v) is 12.5. The van der Waals surface area contributed by atoms with Gasteiger partial charge < -0.3 is 19.9 Å². The summed E-state index contributed by atoms with van der Waals surface area (Å²) in [7, 11) is 0. The molecule has 10 nitrogen and oxygen atoms in total. The highest BCUT2D eigenvalue weighted by Gasteiger charge is 2.41. The summed E-state index contributed by atoms with van der Waals surface area (Å²) in [4.78, 5) is 44.6. The number of aliphatic carboxylic acids is 1. The number of hydrogen-bond acceptors (Lipinski definition) is 6. The van der Waals surface area contributed by atoms with E-state index in [0.717, 1.165) is 35.9 Å². The molecular weight excluding hydrogens is 488 g/mol. The average molecular weight is 517 g/mol. The second kappa shape index (κ2) is 10.4. The fourth-order valence-corrected chi connectivity index (χ4v) is 4.96. The Morgan fingerprint density at radius 1 is 1.08 bits per heavy atom. The van der Waals surface area contributed by atoms with Gasteiger partial charge >= 0.3 is 12.0 Å². The molecular formula is C28H28N4O6. The third-order valence-corrected chi connectivity index (χ3v) is 6.91. The van der Waals surface area contributed by atoms with E-state index in [1.165, 1.54) is 9.80 Å². The van der Waals surface area contributed by atoms with Crippen LogP contribution in [0.5, 0.6) is 0 Å². The quantitative estimate of drug-likeness (QED) is 0.419. The van der Waals surface area contributed by atoms with Gasteiger partial charge in [0.2, 0.25) is 11.8 Å². The Hall–Kier alpha value is -4.60. The molecule has 3 N–H and O–H groups in total. The number of carboxylic acids is 1. The van der Waals surface area contributed by atoms with Crippen molar-refractivity contribution in [1.29, 1.82) is 0 Å². The van der Waals surface area contributed by atoms with Gasteiger partial charge in [-0.1, -0.05) is 50.1 Å². The standard InChI is InChI=1S/C28H28N4O6/c1-17-24(25(35)29-15-23(33)34)27(36)32(20-7-3-2-4-8-20)28(37)31(17)16-18-11-13-19(14-12-18)26-30-21-9-5-6-10-22(21)38-26/h5-6,9-14,20,36H,1-4,7-8,15-16H2,(H,29,35)(H,33,34). The number of benzene rings is 2. The van der Waals surface area contributed by atoms with Gasteiger partial charge in [0.05, 0.1) is 12.2 Å². The van der Waals surface area contributed by atoms with Crippen LogP contribution in [-0.2, 0) is 16.1 Å². The van der Waals surface area contributed by atoms with E-state index >= 15 is 0 Å². The minimum atomic E-state index is -1.23. The zero-order chi connectivity index (χ0) is 26.8. The number of para-hydroxylation sites is 2. The molecule has 2 aromatic carbocycles. The molecule has 196 valence electrons. The lowest BCUT2D eigenvalue weighted by molar-refractivity contribution is -0.137. The smallest absolute Gasteiger partial charge is 0.331 e. The minimum Gasteiger partial charge on any atom is -0.494 e. The molecule has 3 aromatic rings. The third-order valence-electron chi connectivity index (χ3n) is 6.91. The summed E-state index contributed by atoms with van der Waals surface area (Å²) in [6, 6.07) is 14.1. The summed E-state index contributed by atoms with van der Waals surface area (Å²) in [6.45, 7) is 3.39. The van der Waals surface area contributed by atoms with Gasteiger partial charge in [0.25, 0.3) is 5.91 Å². The average Bonchev–Trinajstić information content (AvgIpc) is 3.35. The lowest BCUT2D eigenvalue weighted by Gasteiger charge is -2.42. The van der Waals surface area contributed by atoms with Crippen molar-refractivity contribution in [2.75, 3.05) is 6.54 Å². The van der Waals surface area contributed by atoms with Crippen molar-refractivity contribution >= 4 is 29.0 Å². The summed E-state index contributed by atoms with van der Waals surface area (Å²) in [6.07, 6.45) is 4.23. The first-order valence-electron chi connectivity index (χ1n) is 12.5. The maximum atomic E-state index is 13.6. The van der Waals surface area contributed by atoms with Crippen molar-refractivity contribution in [2.24, 2.45) is 0 Å². The second-order valence-electron chi connectivity index (χ2n) is 9.44. The van der Waals surface area contributed by atoms with E-state index in [-0.39, 0.29) is 23.9 Å². The molecule has 1 aliphatic heterocycles. The first kappa shape index (κ1) is 25.1. The van der Waals surface area contributed by atoms with E-state index in [2.05, 4.69) is 16.9 Å². The molecule has 0 saturated heterocycles. The molecule has 0 unspecified atom stereocenters. The number of aliphatic hydroxyl groups excluding tert-OH is 1. The van der Waals surface area contributed by atoms with Crippen LogP contribution >= 0.6 is 0 Å². The number of aliphatic hydroxyl groups is 1. The first-order chi connectivity index (χ1) is 18.3. The van der Waals surface area contributed by atoms with E-state index in [1.54, 1.807) is 0 Å². The van der Waals surface area contributed by atoms with E-state index in [9.17, 15) is 19.5 Å². The zero-order valence-electron chi connectivity index (χ0n) is 20.7. The number of fused-ring (bicyclic) bond motifs is 1. The molecule has 1 saturated carbocycles. The second-order valence-corrected chi connectivity index (χ2v) is 9.44. The zero-order valence-corrected chi connectivity index (χ0v) is 20.7. The number of aromatic nitrogens is 1. The van der Waals surface area contributed by atoms with Gasteiger partial charge in [0, 0.05) is 11.6 Å². The number of hydrogen-bond donors (Lipinski definition) is 3. The maximum Gasteiger partial charge on any atom is 0.331 e. The van der Waals surface area contributed by atoms with Crippen LogP contribution in [0.2, 0.25) is 0 Å².